The lowest BCUT2D eigenvalue weighted by Gasteiger charge is -2.25. The number of likely N-dealkylation sites (N-methyl/N-ethyl adjacent to an activating group) is 2. The van der Waals surface area contributed by atoms with Crippen molar-refractivity contribution >= 4 is 35.3 Å². The summed E-state index contributed by atoms with van der Waals surface area (Å²) in [4.78, 5) is 51.6. The number of carboxylic acids is 2. The molecule has 8 unspecified atom stereocenters. The molecule has 0 saturated heterocycles. The lowest BCUT2D eigenvalue weighted by Crippen LogP contribution is -2.48. The van der Waals surface area contributed by atoms with E-state index in [1.165, 1.54) is 61.2 Å². The summed E-state index contributed by atoms with van der Waals surface area (Å²) >= 11 is 0. The number of hydrogen-bond acceptors (Lipinski definition) is 24. The fourth-order valence-electron chi connectivity index (χ4n) is 7.55. The van der Waals surface area contributed by atoms with Crippen molar-refractivity contribution in [1.29, 1.82) is 0 Å². The highest BCUT2D eigenvalue weighted by Crippen LogP contribution is 2.30. The first-order valence-electron chi connectivity index (χ1n) is 28.1. The van der Waals surface area contributed by atoms with E-state index in [1.54, 1.807) is 62.6 Å². The van der Waals surface area contributed by atoms with Crippen LogP contribution >= 0.6 is 0 Å². The van der Waals surface area contributed by atoms with Crippen LogP contribution in [0.3, 0.4) is 0 Å². The summed E-state index contributed by atoms with van der Waals surface area (Å²) in [6.07, 6.45) is 2.51. The van der Waals surface area contributed by atoms with Crippen LogP contribution in [0.5, 0.6) is 11.5 Å². The fourth-order valence-corrected chi connectivity index (χ4v) is 7.55. The molecule has 0 heterocycles. The van der Waals surface area contributed by atoms with Gasteiger partial charge in [0.05, 0.1) is 50.0 Å². The number of aliphatic carboxylic acids is 2. The second kappa shape index (κ2) is 49.4. The number of nitrogens with one attached hydrogen (secondary N) is 2. The summed E-state index contributed by atoms with van der Waals surface area (Å²) in [6, 6.07) is 13.5. The summed E-state index contributed by atoms with van der Waals surface area (Å²) in [5, 5.41) is 114. The molecule has 474 valence electrons. The van der Waals surface area contributed by atoms with E-state index in [-0.39, 0.29) is 65.8 Å². The van der Waals surface area contributed by atoms with Gasteiger partial charge in [0.2, 0.25) is 0 Å². The van der Waals surface area contributed by atoms with E-state index >= 15 is 0 Å². The molecule has 0 aliphatic carbocycles. The second-order valence-electron chi connectivity index (χ2n) is 19.0. The Hall–Kier alpha value is -5.04. The molecule has 0 aliphatic heterocycles. The molecule has 14 N–H and O–H groups in total. The van der Waals surface area contributed by atoms with Gasteiger partial charge in [-0.1, -0.05) is 102 Å². The maximum absolute atomic E-state index is 12.7. The molecule has 0 amide bonds. The third-order valence-electron chi connectivity index (χ3n) is 12.0. The number of rotatable bonds is 47. The molecule has 0 aliphatic rings. The topological polar surface area (TPSA) is 397 Å². The van der Waals surface area contributed by atoms with Crippen LogP contribution in [0.25, 0.3) is 0 Å². The van der Waals surface area contributed by atoms with Gasteiger partial charge in [0.1, 0.15) is 101 Å². The Labute approximate surface area is 482 Å². The van der Waals surface area contributed by atoms with Crippen molar-refractivity contribution in [3.05, 3.63) is 48.5 Å². The number of anilines is 2. The standard InChI is InChI=1S/C42H64N2O12.2C7H17NO5/c1-3-5-7-9-11-17-23-51-25-27-55-41(49)33-43(31-39(45)46)35-19-13-15-21-37(35)53-29-30-54-38-22-16-14-20-36(38)44(32-40(47)48)34-42(50)56-28-26-52-24-18-12-10-8-6-4-2;2*1-8-2-4(10)6(12)7(13)5(11)3-9/h13-16,19-22H,3-12,17-18,23-34H2,1-2H3,(H,45,46)(H,47,48);2*4-13H,2-3H2,1H3. The molecule has 0 spiro atoms. The number of carboxylic acid groups (broad SMARTS) is 2. The number of carbonyl (C=O) groups is 4. The van der Waals surface area contributed by atoms with E-state index in [9.17, 15) is 39.6 Å². The van der Waals surface area contributed by atoms with E-state index in [4.69, 9.17) is 69.3 Å². The second-order valence-corrected chi connectivity index (χ2v) is 19.0. The third kappa shape index (κ3) is 36.5. The van der Waals surface area contributed by atoms with Crippen LogP contribution in [0, 0.1) is 0 Å². The van der Waals surface area contributed by atoms with Gasteiger partial charge in [0.15, 0.2) is 0 Å². The Morgan fingerprint density at radius 2 is 0.768 bits per heavy atom. The van der Waals surface area contributed by atoms with Crippen LogP contribution in [0.1, 0.15) is 90.9 Å². The normalized spacial score (nSPS) is 14.0. The van der Waals surface area contributed by atoms with Gasteiger partial charge >= 0.3 is 23.9 Å². The Balaban J connectivity index is 0.00000206. The Morgan fingerprint density at radius 1 is 0.439 bits per heavy atom. The number of nitrogens with zero attached hydrogens (tertiary/aromatic N) is 2. The van der Waals surface area contributed by atoms with Gasteiger partial charge < -0.3 is 110 Å². The number of hydrogen-bond donors (Lipinski definition) is 14. The van der Waals surface area contributed by atoms with E-state index in [2.05, 4.69) is 24.5 Å². The van der Waals surface area contributed by atoms with Gasteiger partial charge in [0.25, 0.3) is 0 Å². The molecule has 26 heteroatoms. The molecular formula is C56H98N4O22. The first kappa shape index (κ1) is 77.0. The highest BCUT2D eigenvalue weighted by molar-refractivity contribution is 5.83. The number of ether oxygens (including phenoxy) is 6. The van der Waals surface area contributed by atoms with E-state index in [0.29, 0.717) is 36.1 Å². The molecule has 0 aromatic heterocycles. The number of aliphatic hydroxyl groups excluding tert-OH is 10. The summed E-state index contributed by atoms with van der Waals surface area (Å²) in [7, 11) is 3.15. The van der Waals surface area contributed by atoms with Gasteiger partial charge in [-0.05, 0) is 51.2 Å². The van der Waals surface area contributed by atoms with Crippen molar-refractivity contribution in [2.75, 3.05) is 129 Å². The Kier molecular flexibility index (Phi) is 46.4. The molecule has 0 fully saturated rings. The zero-order chi connectivity index (χ0) is 61.5. The highest BCUT2D eigenvalue weighted by Gasteiger charge is 2.30. The van der Waals surface area contributed by atoms with Gasteiger partial charge in [-0.15, -0.1) is 0 Å². The summed E-state index contributed by atoms with van der Waals surface area (Å²) in [5.74, 6) is -2.83. The number of esters is 2. The summed E-state index contributed by atoms with van der Waals surface area (Å²) < 4.78 is 33.7. The van der Waals surface area contributed by atoms with Crippen molar-refractivity contribution in [1.82, 2.24) is 10.6 Å². The van der Waals surface area contributed by atoms with Crippen molar-refractivity contribution < 1.29 is 109 Å². The number of para-hydroxylation sites is 4. The average Bonchev–Trinajstić information content (AvgIpc) is 3.46. The monoisotopic (exact) mass is 1180 g/mol. The quantitative estimate of drug-likeness (QED) is 0.0307. The van der Waals surface area contributed by atoms with E-state index in [0.717, 1.165) is 25.7 Å². The number of aliphatic hydroxyl groups is 10. The van der Waals surface area contributed by atoms with Crippen LogP contribution in [0.2, 0.25) is 0 Å². The predicted molar refractivity (Wildman–Crippen MR) is 304 cm³/mol. The van der Waals surface area contributed by atoms with E-state index in [1.807, 2.05) is 0 Å². The zero-order valence-corrected chi connectivity index (χ0v) is 48.4. The third-order valence-corrected chi connectivity index (χ3v) is 12.0. The van der Waals surface area contributed by atoms with Crippen molar-refractivity contribution in [3.63, 3.8) is 0 Å². The molecule has 2 aromatic carbocycles. The summed E-state index contributed by atoms with van der Waals surface area (Å²) in [6.45, 7) is 3.52. The minimum atomic E-state index is -1.55. The average molecular weight is 1180 g/mol. The first-order valence-corrected chi connectivity index (χ1v) is 28.1. The molecule has 0 bridgehead atoms. The van der Waals surface area contributed by atoms with Gasteiger partial charge in [-0.3, -0.25) is 19.2 Å². The lowest BCUT2D eigenvalue weighted by molar-refractivity contribution is -0.144. The van der Waals surface area contributed by atoms with Crippen molar-refractivity contribution in [3.8, 4) is 11.5 Å². The predicted octanol–water partition coefficient (Wildman–Crippen LogP) is 0.0504. The van der Waals surface area contributed by atoms with Crippen molar-refractivity contribution in [2.45, 2.75) is 140 Å². The van der Waals surface area contributed by atoms with Crippen LogP contribution in [0.4, 0.5) is 11.4 Å². The molecule has 2 aromatic rings. The largest absolute Gasteiger partial charge is 0.488 e. The van der Waals surface area contributed by atoms with E-state index < -0.39 is 99.0 Å². The van der Waals surface area contributed by atoms with Crippen LogP contribution < -0.4 is 29.9 Å². The minimum Gasteiger partial charge on any atom is -0.488 e. The fraction of sp³-hybridized carbons (Fsp3) is 0.714. The van der Waals surface area contributed by atoms with Gasteiger partial charge in [-0.2, -0.15) is 0 Å². The molecule has 0 saturated carbocycles. The molecule has 26 nitrogen and oxygen atoms in total. The van der Waals surface area contributed by atoms with Gasteiger partial charge in [0, 0.05) is 26.3 Å². The molecule has 2 rings (SSSR count). The maximum atomic E-state index is 12.7. The SMILES string of the molecule is CCCCCCCCOCCOC(=O)CN(CC(=O)O)c1ccccc1OCCOc1ccccc1N(CC(=O)O)CC(=O)OCCOCCCCCCCC.CNCC(O)C(O)C(O)C(O)CO.CNCC(O)C(O)C(O)C(O)CO. The van der Waals surface area contributed by atoms with Crippen LogP contribution in [-0.2, 0) is 38.1 Å². The molecule has 0 radical (unpaired) electrons. The Bertz CT molecular complexity index is 1790. The Morgan fingerprint density at radius 3 is 1.10 bits per heavy atom. The van der Waals surface area contributed by atoms with Crippen LogP contribution in [0.15, 0.2) is 48.5 Å². The highest BCUT2D eigenvalue weighted by atomic mass is 16.6. The lowest BCUT2D eigenvalue weighted by atomic mass is 10.0. The smallest absolute Gasteiger partial charge is 0.325 e. The summed E-state index contributed by atoms with van der Waals surface area (Å²) in [5.41, 5.74) is 0.760. The molecular weight excluding hydrogens is 1080 g/mol. The van der Waals surface area contributed by atoms with Crippen molar-refractivity contribution in [2.24, 2.45) is 0 Å². The first-order chi connectivity index (χ1) is 39.3. The maximum Gasteiger partial charge on any atom is 0.325 e. The minimum absolute atomic E-state index is 0.0202. The number of unbranched alkanes of at least 4 members (excludes halogenated alkanes) is 10. The van der Waals surface area contributed by atoms with Gasteiger partial charge in [-0.25, -0.2) is 0 Å². The number of benzene rings is 2. The van der Waals surface area contributed by atoms with Crippen LogP contribution in [-0.4, -0.2) is 253 Å². The molecule has 8 atom stereocenters. The zero-order valence-electron chi connectivity index (χ0n) is 48.4. The number of carbonyl (C=O) groups excluding carboxylic acids is 2. The molecule has 82 heavy (non-hydrogen) atoms.